The first-order chi connectivity index (χ1) is 11.8. The molecule has 1 aliphatic heterocycles. The van der Waals surface area contributed by atoms with Gasteiger partial charge in [-0.05, 0) is 18.6 Å². The molecule has 0 atom stereocenters. The largest absolute Gasteiger partial charge is 0.337 e. The monoisotopic (exact) mass is 344 g/mol. The van der Waals surface area contributed by atoms with Gasteiger partial charge in [-0.3, -0.25) is 9.47 Å². The van der Waals surface area contributed by atoms with E-state index < -0.39 is 0 Å². The Morgan fingerprint density at radius 1 is 1.17 bits per heavy atom. The second kappa shape index (κ2) is 6.74. The molecule has 0 bridgehead atoms. The number of benzene rings is 1. The van der Waals surface area contributed by atoms with Gasteiger partial charge in [0.15, 0.2) is 11.0 Å². The highest BCUT2D eigenvalue weighted by molar-refractivity contribution is 7.99. The molecule has 0 spiro atoms. The Kier molecular flexibility index (Phi) is 4.31. The number of hydrogen-bond donors (Lipinski definition) is 0. The van der Waals surface area contributed by atoms with Gasteiger partial charge < -0.3 is 4.57 Å². The predicted octanol–water partition coefficient (Wildman–Crippen LogP) is 2.69. The van der Waals surface area contributed by atoms with Crippen molar-refractivity contribution in [3.05, 3.63) is 48.8 Å². The molecule has 0 fully saturated rings. The summed E-state index contributed by atoms with van der Waals surface area (Å²) in [6, 6.07) is 6.70. The first kappa shape index (κ1) is 15.3. The van der Waals surface area contributed by atoms with E-state index in [9.17, 15) is 4.39 Å². The molecule has 0 N–H and O–H groups in total. The molecule has 0 unspecified atom stereocenters. The van der Waals surface area contributed by atoms with Gasteiger partial charge in [-0.2, -0.15) is 0 Å². The number of aromatic nitrogens is 5. The van der Waals surface area contributed by atoms with Crippen molar-refractivity contribution >= 4 is 11.8 Å². The van der Waals surface area contributed by atoms with Crippen molar-refractivity contribution in [1.29, 1.82) is 0 Å². The van der Waals surface area contributed by atoms with E-state index in [-0.39, 0.29) is 5.82 Å². The zero-order valence-electron chi connectivity index (χ0n) is 13.0. The normalized spacial score (nSPS) is 14.7. The van der Waals surface area contributed by atoms with Crippen LogP contribution in [-0.4, -0.2) is 41.6 Å². The van der Waals surface area contributed by atoms with Gasteiger partial charge in [0.1, 0.15) is 5.82 Å². The molecule has 0 saturated heterocycles. The van der Waals surface area contributed by atoms with Crippen molar-refractivity contribution in [2.24, 2.45) is 0 Å². The fourth-order valence-corrected chi connectivity index (χ4v) is 3.69. The zero-order valence-corrected chi connectivity index (χ0v) is 13.9. The average molecular weight is 344 g/mol. The predicted molar refractivity (Wildman–Crippen MR) is 89.7 cm³/mol. The van der Waals surface area contributed by atoms with Crippen molar-refractivity contribution < 1.29 is 4.39 Å². The minimum absolute atomic E-state index is 0.269. The van der Waals surface area contributed by atoms with E-state index in [4.69, 9.17) is 0 Å². The summed E-state index contributed by atoms with van der Waals surface area (Å²) >= 11 is 1.64. The molecule has 24 heavy (non-hydrogen) atoms. The summed E-state index contributed by atoms with van der Waals surface area (Å²) in [7, 11) is 0. The molecule has 2 aromatic heterocycles. The summed E-state index contributed by atoms with van der Waals surface area (Å²) in [5.41, 5.74) is 0.497. The highest BCUT2D eigenvalue weighted by atomic mass is 32.2. The number of hydrogen-bond acceptors (Lipinski definition) is 5. The maximum Gasteiger partial charge on any atom is 0.193 e. The summed E-state index contributed by atoms with van der Waals surface area (Å²) in [6.07, 6.45) is 6.63. The summed E-state index contributed by atoms with van der Waals surface area (Å²) < 4.78 is 18.1. The number of aryl methyl sites for hydroxylation is 1. The van der Waals surface area contributed by atoms with Crippen molar-refractivity contribution in [3.63, 3.8) is 0 Å². The fourth-order valence-electron chi connectivity index (χ4n) is 2.79. The highest BCUT2D eigenvalue weighted by Crippen LogP contribution is 2.29. The summed E-state index contributed by atoms with van der Waals surface area (Å²) in [5.74, 6) is 1.20. The number of rotatable bonds is 5. The smallest absolute Gasteiger partial charge is 0.193 e. The van der Waals surface area contributed by atoms with Crippen LogP contribution in [0.15, 0.2) is 48.1 Å². The van der Waals surface area contributed by atoms with Gasteiger partial charge in [-0.25, -0.2) is 9.37 Å². The Morgan fingerprint density at radius 2 is 2.08 bits per heavy atom. The minimum Gasteiger partial charge on any atom is -0.337 e. The van der Waals surface area contributed by atoms with Crippen molar-refractivity contribution in [2.45, 2.75) is 24.8 Å². The maximum absolute atomic E-state index is 14.1. The van der Waals surface area contributed by atoms with Crippen LogP contribution >= 0.6 is 11.8 Å². The Balaban J connectivity index is 1.46. The number of halogens is 1. The van der Waals surface area contributed by atoms with Gasteiger partial charge in [-0.1, -0.05) is 23.9 Å². The van der Waals surface area contributed by atoms with E-state index in [1.165, 1.54) is 6.07 Å². The molecule has 0 saturated carbocycles. The van der Waals surface area contributed by atoms with Crippen LogP contribution in [0.5, 0.6) is 0 Å². The Hall–Kier alpha value is -2.19. The lowest BCUT2D eigenvalue weighted by Crippen LogP contribution is -2.32. The molecule has 0 radical (unpaired) electrons. The van der Waals surface area contributed by atoms with Crippen LogP contribution < -0.4 is 0 Å². The van der Waals surface area contributed by atoms with Gasteiger partial charge >= 0.3 is 0 Å². The fraction of sp³-hybridized carbons (Fsp3) is 0.312. The Morgan fingerprint density at radius 3 is 2.92 bits per heavy atom. The molecule has 4 rings (SSSR count). The van der Waals surface area contributed by atoms with Crippen LogP contribution in [0.25, 0.3) is 11.4 Å². The third-order valence-corrected chi connectivity index (χ3v) is 5.05. The Labute approximate surface area is 143 Å². The third kappa shape index (κ3) is 3.07. The van der Waals surface area contributed by atoms with Crippen molar-refractivity contribution in [1.82, 2.24) is 29.2 Å². The lowest BCUT2D eigenvalue weighted by atomic mass is 10.2. The SMILES string of the molecule is Fc1ccccc1-c1nnc2n1CN(CCCn1ccnc1)CS2. The molecule has 0 aliphatic carbocycles. The standard InChI is InChI=1S/C16H17FN6S/c17-14-5-2-1-4-13(14)15-19-20-16-23(15)11-22(12-24-16)8-3-7-21-9-6-18-10-21/h1-2,4-6,9-10H,3,7-8,11-12H2. The minimum atomic E-state index is -0.269. The van der Waals surface area contributed by atoms with Gasteiger partial charge in [0.25, 0.3) is 0 Å². The molecule has 8 heteroatoms. The van der Waals surface area contributed by atoms with Crippen LogP contribution in [0.3, 0.4) is 0 Å². The van der Waals surface area contributed by atoms with Crippen LogP contribution in [0, 0.1) is 5.82 Å². The van der Waals surface area contributed by atoms with Crippen LogP contribution in [0.4, 0.5) is 4.39 Å². The van der Waals surface area contributed by atoms with Crippen molar-refractivity contribution in [2.75, 3.05) is 12.4 Å². The van der Waals surface area contributed by atoms with E-state index in [2.05, 4.69) is 24.6 Å². The Bertz CT molecular complexity index is 816. The number of thioether (sulfide) groups is 1. The zero-order chi connectivity index (χ0) is 16.4. The van der Waals surface area contributed by atoms with Gasteiger partial charge in [-0.15, -0.1) is 10.2 Å². The first-order valence-electron chi connectivity index (χ1n) is 7.80. The van der Waals surface area contributed by atoms with Gasteiger partial charge in [0.05, 0.1) is 24.4 Å². The molecule has 1 aromatic carbocycles. The van der Waals surface area contributed by atoms with E-state index in [0.717, 1.165) is 30.5 Å². The van der Waals surface area contributed by atoms with E-state index in [1.54, 1.807) is 30.1 Å². The van der Waals surface area contributed by atoms with Crippen LogP contribution in [0.2, 0.25) is 0 Å². The van der Waals surface area contributed by atoms with Crippen LogP contribution in [-0.2, 0) is 13.2 Å². The average Bonchev–Trinajstić information content (AvgIpc) is 3.25. The molecule has 1 aliphatic rings. The first-order valence-corrected chi connectivity index (χ1v) is 8.79. The molecule has 124 valence electrons. The lowest BCUT2D eigenvalue weighted by Gasteiger charge is -2.27. The summed E-state index contributed by atoms with van der Waals surface area (Å²) in [6.45, 7) is 2.58. The summed E-state index contributed by atoms with van der Waals surface area (Å²) in [4.78, 5) is 6.37. The molecule has 3 heterocycles. The number of fused-ring (bicyclic) bond motifs is 1. The van der Waals surface area contributed by atoms with E-state index >= 15 is 0 Å². The molecule has 6 nitrogen and oxygen atoms in total. The third-order valence-electron chi connectivity index (χ3n) is 4.00. The van der Waals surface area contributed by atoms with E-state index in [1.807, 2.05) is 23.2 Å². The molecular formula is C16H17FN6S. The van der Waals surface area contributed by atoms with Gasteiger partial charge in [0, 0.05) is 25.5 Å². The van der Waals surface area contributed by atoms with Crippen molar-refractivity contribution in [3.8, 4) is 11.4 Å². The number of nitrogens with zero attached hydrogens (tertiary/aromatic N) is 6. The van der Waals surface area contributed by atoms with Gasteiger partial charge in [0.2, 0.25) is 0 Å². The molecule has 0 amide bonds. The second-order valence-electron chi connectivity index (χ2n) is 5.68. The maximum atomic E-state index is 14.1. The topological polar surface area (TPSA) is 51.8 Å². The summed E-state index contributed by atoms with van der Waals surface area (Å²) in [5, 5.41) is 9.24. The van der Waals surface area contributed by atoms with Crippen LogP contribution in [0.1, 0.15) is 6.42 Å². The molecular weight excluding hydrogens is 327 g/mol. The highest BCUT2D eigenvalue weighted by Gasteiger charge is 2.23. The second-order valence-corrected chi connectivity index (χ2v) is 6.59. The lowest BCUT2D eigenvalue weighted by molar-refractivity contribution is 0.233. The molecule has 3 aromatic rings. The quantitative estimate of drug-likeness (QED) is 0.712. The van der Waals surface area contributed by atoms with E-state index in [0.29, 0.717) is 18.1 Å². The number of imidazole rings is 1.